The summed E-state index contributed by atoms with van der Waals surface area (Å²) in [5, 5.41) is 4.56. The van der Waals surface area contributed by atoms with Gasteiger partial charge in [0.1, 0.15) is 11.2 Å². The zero-order valence-electron chi connectivity index (χ0n) is 13.4. The number of carbonyl (C=O) groups is 1. The molecule has 1 aliphatic rings. The Bertz CT molecular complexity index is 758. The van der Waals surface area contributed by atoms with Crippen molar-refractivity contribution in [2.45, 2.75) is 26.3 Å². The first-order valence-corrected chi connectivity index (χ1v) is 7.88. The molecular weight excluding hydrogens is 298 g/mol. The number of hydrogen-bond acceptors (Lipinski definition) is 6. The Morgan fingerprint density at radius 1 is 1.43 bits per heavy atom. The van der Waals surface area contributed by atoms with Gasteiger partial charge in [-0.2, -0.15) is 5.10 Å². The summed E-state index contributed by atoms with van der Waals surface area (Å²) in [5.41, 5.74) is 0.421. The largest absolute Gasteiger partial charge is 0.466 e. The molecule has 0 saturated carbocycles. The summed E-state index contributed by atoms with van der Waals surface area (Å²) in [4.78, 5) is 33.3. The van der Waals surface area contributed by atoms with E-state index in [1.54, 1.807) is 11.7 Å². The molecule has 0 aromatic carbocycles. The lowest BCUT2D eigenvalue weighted by Crippen LogP contribution is -2.37. The van der Waals surface area contributed by atoms with Crippen LogP contribution in [0.15, 0.2) is 11.0 Å². The summed E-state index contributed by atoms with van der Waals surface area (Å²) in [5.74, 6) is 0.508. The fourth-order valence-corrected chi connectivity index (χ4v) is 2.95. The lowest BCUT2D eigenvalue weighted by Gasteiger charge is -2.30. The maximum Gasteiger partial charge on any atom is 0.309 e. The summed E-state index contributed by atoms with van der Waals surface area (Å²) < 4.78 is 6.67. The number of hydrogen-bond donors (Lipinski definition) is 1. The van der Waals surface area contributed by atoms with Crippen LogP contribution >= 0.6 is 0 Å². The maximum absolute atomic E-state index is 12.0. The van der Waals surface area contributed by atoms with Crippen LogP contribution < -0.4 is 5.56 Å². The number of H-pyrrole nitrogens is 1. The highest BCUT2D eigenvalue weighted by Gasteiger charge is 2.26. The average Bonchev–Trinajstić information content (AvgIpc) is 2.90. The number of carbonyl (C=O) groups excluding carboxylic acids is 1. The Morgan fingerprint density at radius 3 is 2.87 bits per heavy atom. The molecule has 3 rings (SSSR count). The number of aromatic nitrogens is 4. The molecule has 0 amide bonds. The highest BCUT2D eigenvalue weighted by molar-refractivity contribution is 5.73. The van der Waals surface area contributed by atoms with Crippen LogP contribution in [0.25, 0.3) is 11.0 Å². The molecule has 8 nitrogen and oxygen atoms in total. The van der Waals surface area contributed by atoms with Gasteiger partial charge < -0.3 is 9.72 Å². The summed E-state index contributed by atoms with van der Waals surface area (Å²) in [6.07, 6.45) is 3.07. The number of nitrogens with one attached hydrogen (secondary N) is 1. The van der Waals surface area contributed by atoms with Crippen molar-refractivity contribution in [2.75, 3.05) is 19.7 Å². The average molecular weight is 319 g/mol. The van der Waals surface area contributed by atoms with Gasteiger partial charge in [-0.1, -0.05) is 0 Å². The van der Waals surface area contributed by atoms with E-state index in [1.807, 2.05) is 6.92 Å². The van der Waals surface area contributed by atoms with Gasteiger partial charge in [0, 0.05) is 7.05 Å². The Balaban J connectivity index is 1.66. The van der Waals surface area contributed by atoms with Crippen LogP contribution in [0, 0.1) is 5.92 Å². The van der Waals surface area contributed by atoms with E-state index >= 15 is 0 Å². The van der Waals surface area contributed by atoms with Gasteiger partial charge in [-0.25, -0.2) is 4.98 Å². The number of nitrogens with zero attached hydrogens (tertiary/aromatic N) is 4. The number of aromatic amines is 1. The Labute approximate surface area is 133 Å². The van der Waals surface area contributed by atoms with Crippen LogP contribution in [0.4, 0.5) is 0 Å². The summed E-state index contributed by atoms with van der Waals surface area (Å²) >= 11 is 0. The van der Waals surface area contributed by atoms with Gasteiger partial charge in [-0.3, -0.25) is 19.2 Å². The standard InChI is InChI=1S/C15H21N5O3/c1-3-23-15(22)10-4-6-20(7-5-10)9-12-17-13-11(14(21)18-12)8-16-19(13)2/h8,10H,3-7,9H2,1-2H3,(H,17,18,21). The van der Waals surface area contributed by atoms with Crippen LogP contribution in [0.3, 0.4) is 0 Å². The van der Waals surface area contributed by atoms with Crippen LogP contribution in [-0.4, -0.2) is 50.3 Å². The monoisotopic (exact) mass is 319 g/mol. The molecular formula is C15H21N5O3. The van der Waals surface area contributed by atoms with Crippen molar-refractivity contribution < 1.29 is 9.53 Å². The molecule has 23 heavy (non-hydrogen) atoms. The zero-order valence-corrected chi connectivity index (χ0v) is 13.4. The molecule has 124 valence electrons. The number of ether oxygens (including phenoxy) is 1. The summed E-state index contributed by atoms with van der Waals surface area (Å²) in [7, 11) is 1.77. The summed E-state index contributed by atoms with van der Waals surface area (Å²) in [6, 6.07) is 0. The van der Waals surface area contributed by atoms with Crippen molar-refractivity contribution in [1.29, 1.82) is 0 Å². The lowest BCUT2D eigenvalue weighted by atomic mass is 9.97. The second-order valence-corrected chi connectivity index (χ2v) is 5.82. The number of esters is 1. The fourth-order valence-electron chi connectivity index (χ4n) is 2.95. The summed E-state index contributed by atoms with van der Waals surface area (Å²) in [6.45, 7) is 4.39. The Kier molecular flexibility index (Phi) is 4.42. The predicted molar refractivity (Wildman–Crippen MR) is 83.8 cm³/mol. The van der Waals surface area contributed by atoms with Crippen LogP contribution in [0.5, 0.6) is 0 Å². The van der Waals surface area contributed by atoms with E-state index in [0.29, 0.717) is 30.0 Å². The molecule has 0 spiro atoms. The number of likely N-dealkylation sites (tertiary alicyclic amines) is 1. The molecule has 0 atom stereocenters. The molecule has 0 bridgehead atoms. The minimum Gasteiger partial charge on any atom is -0.466 e. The first kappa shape index (κ1) is 15.7. The highest BCUT2D eigenvalue weighted by Crippen LogP contribution is 2.19. The van der Waals surface area contributed by atoms with Gasteiger partial charge in [0.05, 0.1) is 25.3 Å². The van der Waals surface area contributed by atoms with E-state index < -0.39 is 0 Å². The third-order valence-electron chi connectivity index (χ3n) is 4.23. The second-order valence-electron chi connectivity index (χ2n) is 5.82. The van der Waals surface area contributed by atoms with Crippen molar-refractivity contribution in [3.63, 3.8) is 0 Å². The zero-order chi connectivity index (χ0) is 16.4. The minimum atomic E-state index is -0.167. The van der Waals surface area contributed by atoms with Crippen LogP contribution in [-0.2, 0) is 23.1 Å². The molecule has 2 aromatic heterocycles. The van der Waals surface area contributed by atoms with Crippen molar-refractivity contribution >= 4 is 17.0 Å². The van der Waals surface area contributed by atoms with Gasteiger partial charge in [-0.15, -0.1) is 0 Å². The number of fused-ring (bicyclic) bond motifs is 1. The van der Waals surface area contributed by atoms with Crippen molar-refractivity contribution in [2.24, 2.45) is 13.0 Å². The molecule has 1 aliphatic heterocycles. The Hall–Kier alpha value is -2.22. The molecule has 0 aliphatic carbocycles. The van der Waals surface area contributed by atoms with Gasteiger partial charge in [0.25, 0.3) is 5.56 Å². The third kappa shape index (κ3) is 3.26. The number of piperidine rings is 1. The van der Waals surface area contributed by atoms with Crippen molar-refractivity contribution in [3.05, 3.63) is 22.4 Å². The fraction of sp³-hybridized carbons (Fsp3) is 0.600. The molecule has 1 N–H and O–H groups in total. The van der Waals surface area contributed by atoms with Gasteiger partial charge in [0.2, 0.25) is 0 Å². The molecule has 1 fully saturated rings. The molecule has 3 heterocycles. The first-order chi connectivity index (χ1) is 11.1. The van der Waals surface area contributed by atoms with E-state index in [0.717, 1.165) is 25.9 Å². The third-order valence-corrected chi connectivity index (χ3v) is 4.23. The molecule has 1 saturated heterocycles. The van der Waals surface area contributed by atoms with Gasteiger partial charge in [-0.05, 0) is 32.9 Å². The smallest absolute Gasteiger partial charge is 0.309 e. The van der Waals surface area contributed by atoms with E-state index in [2.05, 4.69) is 20.0 Å². The van der Waals surface area contributed by atoms with Gasteiger partial charge in [0.15, 0.2) is 5.65 Å². The van der Waals surface area contributed by atoms with E-state index in [9.17, 15) is 9.59 Å². The normalized spacial score (nSPS) is 16.8. The second kappa shape index (κ2) is 6.49. The topological polar surface area (TPSA) is 93.1 Å². The van der Waals surface area contributed by atoms with Crippen LogP contribution in [0.2, 0.25) is 0 Å². The first-order valence-electron chi connectivity index (χ1n) is 7.88. The van der Waals surface area contributed by atoms with E-state index in [1.165, 1.54) is 6.20 Å². The number of rotatable bonds is 4. The van der Waals surface area contributed by atoms with Crippen LogP contribution in [0.1, 0.15) is 25.6 Å². The van der Waals surface area contributed by atoms with Crippen molar-refractivity contribution in [1.82, 2.24) is 24.6 Å². The molecule has 0 radical (unpaired) electrons. The van der Waals surface area contributed by atoms with Gasteiger partial charge >= 0.3 is 5.97 Å². The lowest BCUT2D eigenvalue weighted by molar-refractivity contribution is -0.149. The Morgan fingerprint density at radius 2 is 2.17 bits per heavy atom. The maximum atomic E-state index is 12.0. The molecule has 0 unspecified atom stereocenters. The quantitative estimate of drug-likeness (QED) is 0.822. The SMILES string of the molecule is CCOC(=O)C1CCN(Cc2nc3c(cnn3C)c(=O)[nH]2)CC1. The highest BCUT2D eigenvalue weighted by atomic mass is 16.5. The predicted octanol–water partition coefficient (Wildman–Crippen LogP) is 0.432. The number of aryl methyl sites for hydroxylation is 1. The molecule has 2 aromatic rings. The minimum absolute atomic E-state index is 0.0160. The molecule has 8 heteroatoms. The van der Waals surface area contributed by atoms with Crippen molar-refractivity contribution in [3.8, 4) is 0 Å². The van der Waals surface area contributed by atoms with E-state index in [4.69, 9.17) is 4.74 Å². The van der Waals surface area contributed by atoms with E-state index in [-0.39, 0.29) is 17.4 Å².